The number of hydrogen-bond donors (Lipinski definition) is 2. The molecule has 0 saturated carbocycles. The maximum absolute atomic E-state index is 14.6. The highest BCUT2D eigenvalue weighted by Crippen LogP contribution is 2.38. The van der Waals surface area contributed by atoms with Gasteiger partial charge < -0.3 is 15.5 Å². The first-order chi connectivity index (χ1) is 18.9. The molecular formula is C28H28F3N7O. The molecule has 2 aliphatic heterocycles. The highest BCUT2D eigenvalue weighted by Gasteiger charge is 2.36. The average molecular weight is 536 g/mol. The van der Waals surface area contributed by atoms with Crippen LogP contribution in [0.5, 0.6) is 0 Å². The number of benzene rings is 2. The molecule has 6 rings (SSSR count). The smallest absolute Gasteiger partial charge is 0.261 e. The minimum absolute atomic E-state index is 0.00445. The van der Waals surface area contributed by atoms with Gasteiger partial charge in [0.05, 0.1) is 18.8 Å². The normalized spacial score (nSPS) is 20.0. The molecule has 2 aromatic heterocycles. The molecule has 0 spiro atoms. The van der Waals surface area contributed by atoms with Crippen LogP contribution in [0.15, 0.2) is 60.9 Å². The van der Waals surface area contributed by atoms with Gasteiger partial charge in [0, 0.05) is 56.6 Å². The average Bonchev–Trinajstić information content (AvgIpc) is 3.55. The Balaban J connectivity index is 1.21. The van der Waals surface area contributed by atoms with Crippen molar-refractivity contribution in [3.63, 3.8) is 0 Å². The van der Waals surface area contributed by atoms with E-state index in [-0.39, 0.29) is 35.6 Å². The molecule has 2 aliphatic rings. The molecule has 8 nitrogen and oxygen atoms in total. The van der Waals surface area contributed by atoms with Gasteiger partial charge >= 0.3 is 0 Å². The van der Waals surface area contributed by atoms with Gasteiger partial charge in [-0.2, -0.15) is 5.10 Å². The molecule has 0 bridgehead atoms. The zero-order valence-electron chi connectivity index (χ0n) is 21.2. The summed E-state index contributed by atoms with van der Waals surface area (Å²) < 4.78 is 44.4. The van der Waals surface area contributed by atoms with Gasteiger partial charge in [-0.15, -0.1) is 0 Å². The first kappa shape index (κ1) is 25.3. The van der Waals surface area contributed by atoms with E-state index in [9.17, 15) is 18.0 Å². The van der Waals surface area contributed by atoms with Crippen LogP contribution >= 0.6 is 0 Å². The Hall–Kier alpha value is -3.96. The van der Waals surface area contributed by atoms with Gasteiger partial charge in [0.25, 0.3) is 5.91 Å². The second-order valence-electron chi connectivity index (χ2n) is 9.96. The lowest BCUT2D eigenvalue weighted by Gasteiger charge is -2.27. The summed E-state index contributed by atoms with van der Waals surface area (Å²) in [5.74, 6) is -1.24. The molecule has 1 amide bonds. The largest absolute Gasteiger partial charge is 0.346 e. The molecule has 0 unspecified atom stereocenters. The third-order valence-electron chi connectivity index (χ3n) is 7.29. The van der Waals surface area contributed by atoms with Crippen molar-refractivity contribution in [2.75, 3.05) is 42.9 Å². The summed E-state index contributed by atoms with van der Waals surface area (Å²) in [6.07, 6.45) is 1.80. The van der Waals surface area contributed by atoms with E-state index in [2.05, 4.69) is 25.6 Å². The van der Waals surface area contributed by atoms with Gasteiger partial charge in [0.15, 0.2) is 5.65 Å². The van der Waals surface area contributed by atoms with E-state index in [1.54, 1.807) is 17.2 Å². The molecule has 11 heteroatoms. The van der Waals surface area contributed by atoms with E-state index >= 15 is 0 Å². The predicted molar refractivity (Wildman–Crippen MR) is 141 cm³/mol. The fourth-order valence-corrected chi connectivity index (χ4v) is 5.30. The van der Waals surface area contributed by atoms with Crippen molar-refractivity contribution >= 4 is 23.1 Å². The lowest BCUT2D eigenvalue weighted by atomic mass is 10.0. The number of alkyl halides is 1. The number of piperazine rings is 1. The van der Waals surface area contributed by atoms with Gasteiger partial charge in [-0.1, -0.05) is 12.1 Å². The monoisotopic (exact) mass is 535 g/mol. The molecule has 2 N–H and O–H groups in total. The molecule has 0 aliphatic carbocycles. The molecular weight excluding hydrogens is 507 g/mol. The maximum atomic E-state index is 14.6. The zero-order valence-corrected chi connectivity index (χ0v) is 21.2. The van der Waals surface area contributed by atoms with Crippen LogP contribution in [-0.4, -0.2) is 64.3 Å². The summed E-state index contributed by atoms with van der Waals surface area (Å²) in [6, 6.07) is 11.8. The molecule has 2 saturated heterocycles. The van der Waals surface area contributed by atoms with E-state index < -0.39 is 23.8 Å². The van der Waals surface area contributed by atoms with Crippen LogP contribution in [0.1, 0.15) is 33.9 Å². The Kier molecular flexibility index (Phi) is 6.92. The first-order valence-electron chi connectivity index (χ1n) is 13.0. The predicted octanol–water partition coefficient (Wildman–Crippen LogP) is 3.95. The molecule has 0 radical (unpaired) electrons. The Morgan fingerprint density at radius 3 is 2.67 bits per heavy atom. The second-order valence-corrected chi connectivity index (χ2v) is 9.96. The summed E-state index contributed by atoms with van der Waals surface area (Å²) >= 11 is 0. The molecule has 4 heterocycles. The van der Waals surface area contributed by atoms with Crippen molar-refractivity contribution in [3.8, 4) is 0 Å². The minimum atomic E-state index is -1.24. The number of amides is 1. The van der Waals surface area contributed by atoms with Crippen LogP contribution in [0.4, 0.5) is 24.7 Å². The van der Waals surface area contributed by atoms with Gasteiger partial charge in [-0.25, -0.2) is 22.7 Å². The summed E-state index contributed by atoms with van der Waals surface area (Å²) in [4.78, 5) is 21.7. The molecule has 39 heavy (non-hydrogen) atoms. The lowest BCUT2D eigenvalue weighted by Crippen LogP contribution is -2.42. The van der Waals surface area contributed by atoms with E-state index in [1.807, 2.05) is 24.3 Å². The lowest BCUT2D eigenvalue weighted by molar-refractivity contribution is 0.102. The number of anilines is 2. The molecule has 2 atom stereocenters. The Labute approximate surface area is 223 Å². The number of halogens is 3. The molecule has 202 valence electrons. The number of hydrogen-bond acceptors (Lipinski definition) is 6. The van der Waals surface area contributed by atoms with Crippen molar-refractivity contribution in [1.82, 2.24) is 24.8 Å². The summed E-state index contributed by atoms with van der Waals surface area (Å²) in [5.41, 5.74) is 2.40. The summed E-state index contributed by atoms with van der Waals surface area (Å²) in [7, 11) is 0. The van der Waals surface area contributed by atoms with Crippen LogP contribution in [0.3, 0.4) is 0 Å². The maximum Gasteiger partial charge on any atom is 0.261 e. The Morgan fingerprint density at radius 1 is 1.08 bits per heavy atom. The number of carbonyl (C=O) groups excluding carboxylic acids is 1. The number of aromatic nitrogens is 3. The fourth-order valence-electron chi connectivity index (χ4n) is 5.30. The van der Waals surface area contributed by atoms with Crippen molar-refractivity contribution in [2.45, 2.75) is 25.2 Å². The fraction of sp³-hybridized carbons (Fsp3) is 0.321. The van der Waals surface area contributed by atoms with Gasteiger partial charge in [-0.3, -0.25) is 9.69 Å². The number of nitrogens with zero attached hydrogens (tertiary/aromatic N) is 5. The van der Waals surface area contributed by atoms with Crippen LogP contribution in [-0.2, 0) is 6.54 Å². The van der Waals surface area contributed by atoms with E-state index in [4.69, 9.17) is 0 Å². The van der Waals surface area contributed by atoms with Crippen molar-refractivity contribution < 1.29 is 18.0 Å². The minimum Gasteiger partial charge on any atom is -0.346 e. The standard InChI is InChI=1S/C28H28F3N7O/c29-19-3-6-24(31)22(13-19)25-14-20(30)17-37(25)26-7-10-38-27(35-26)23(15-33-38)28(39)34-21-4-1-18(2-5-21)16-36-11-8-32-9-12-36/h1-7,10,13,15,20,25,32H,8-9,11-12,14,16-17H2,(H,34,39)/t20-,25+/m0/s1. The first-order valence-corrected chi connectivity index (χ1v) is 13.0. The number of nitrogens with one attached hydrogen (secondary N) is 2. The molecule has 2 fully saturated rings. The highest BCUT2D eigenvalue weighted by atomic mass is 19.1. The van der Waals surface area contributed by atoms with Crippen LogP contribution in [0.2, 0.25) is 0 Å². The molecule has 2 aromatic carbocycles. The van der Waals surface area contributed by atoms with Crippen LogP contribution < -0.4 is 15.5 Å². The van der Waals surface area contributed by atoms with E-state index in [1.165, 1.54) is 16.3 Å². The van der Waals surface area contributed by atoms with Crippen molar-refractivity contribution in [2.24, 2.45) is 0 Å². The summed E-state index contributed by atoms with van der Waals surface area (Å²) in [6.45, 7) is 4.80. The number of carbonyl (C=O) groups is 1. The Bertz CT molecular complexity index is 1490. The van der Waals surface area contributed by atoms with Gasteiger partial charge in [-0.05, 0) is 42.0 Å². The van der Waals surface area contributed by atoms with Crippen molar-refractivity contribution in [3.05, 3.63) is 89.2 Å². The zero-order chi connectivity index (χ0) is 26.9. The van der Waals surface area contributed by atoms with Gasteiger partial charge in [0.2, 0.25) is 0 Å². The quantitative estimate of drug-likeness (QED) is 0.389. The van der Waals surface area contributed by atoms with Crippen molar-refractivity contribution in [1.29, 1.82) is 0 Å². The Morgan fingerprint density at radius 2 is 1.87 bits per heavy atom. The van der Waals surface area contributed by atoms with Crippen LogP contribution in [0.25, 0.3) is 5.65 Å². The topological polar surface area (TPSA) is 77.8 Å². The molecule has 4 aromatic rings. The third kappa shape index (κ3) is 5.32. The van der Waals surface area contributed by atoms with E-state index in [0.717, 1.165) is 50.9 Å². The SMILES string of the molecule is O=C(Nc1ccc(CN2CCNCC2)cc1)c1cnn2ccc(N3C[C@@H](F)C[C@@H]3c3cc(F)ccc3F)nc12. The summed E-state index contributed by atoms with van der Waals surface area (Å²) in [5, 5.41) is 10.5. The number of fused-ring (bicyclic) bond motifs is 1. The van der Waals surface area contributed by atoms with Gasteiger partial charge in [0.1, 0.15) is 29.2 Å². The van der Waals surface area contributed by atoms with Crippen LogP contribution in [0, 0.1) is 11.6 Å². The van der Waals surface area contributed by atoms with E-state index in [0.29, 0.717) is 11.5 Å². The second kappa shape index (κ2) is 10.7. The third-order valence-corrected chi connectivity index (χ3v) is 7.29. The number of rotatable bonds is 6. The highest BCUT2D eigenvalue weighted by molar-refractivity contribution is 6.08.